The van der Waals surface area contributed by atoms with E-state index >= 15 is 0 Å². The van der Waals surface area contributed by atoms with E-state index in [1.165, 1.54) is 6.07 Å². The first-order valence-corrected chi connectivity index (χ1v) is 7.65. The third kappa shape index (κ3) is 2.52. The Hall–Kier alpha value is -0.610. The van der Waals surface area contributed by atoms with Crippen molar-refractivity contribution in [1.82, 2.24) is 5.32 Å². The summed E-state index contributed by atoms with van der Waals surface area (Å²) in [7, 11) is 2.00. The minimum atomic E-state index is -0.277. The Kier molecular flexibility index (Phi) is 4.51. The number of ether oxygens (including phenoxy) is 1. The molecule has 19 heavy (non-hydrogen) atoms. The summed E-state index contributed by atoms with van der Waals surface area (Å²) in [6.07, 6.45) is 3.29. The second kappa shape index (κ2) is 5.80. The Labute approximate surface area is 122 Å². The number of benzene rings is 1. The highest BCUT2D eigenvalue weighted by molar-refractivity contribution is 9.10. The van der Waals surface area contributed by atoms with Gasteiger partial charge in [0, 0.05) is 23.9 Å². The van der Waals surface area contributed by atoms with Gasteiger partial charge in [-0.15, -0.1) is 0 Å². The van der Waals surface area contributed by atoms with Crippen molar-refractivity contribution in [3.8, 4) is 5.75 Å². The summed E-state index contributed by atoms with van der Waals surface area (Å²) >= 11 is 3.16. The van der Waals surface area contributed by atoms with Crippen molar-refractivity contribution in [2.75, 3.05) is 7.05 Å². The smallest absolute Gasteiger partial charge is 0.141 e. The molecule has 2 atom stereocenters. The maximum atomic E-state index is 13.5. The fourth-order valence-corrected chi connectivity index (χ4v) is 3.48. The molecule has 0 saturated heterocycles. The van der Waals surface area contributed by atoms with Crippen molar-refractivity contribution in [2.24, 2.45) is 5.41 Å². The molecule has 1 aliphatic carbocycles. The van der Waals surface area contributed by atoms with Crippen molar-refractivity contribution >= 4 is 15.9 Å². The highest BCUT2D eigenvalue weighted by atomic mass is 79.9. The van der Waals surface area contributed by atoms with Crippen LogP contribution in [0.25, 0.3) is 0 Å². The van der Waals surface area contributed by atoms with Crippen LogP contribution in [0.2, 0.25) is 0 Å². The van der Waals surface area contributed by atoms with Gasteiger partial charge in [-0.3, -0.25) is 0 Å². The Bertz CT molecular complexity index is 448. The molecule has 0 amide bonds. The summed E-state index contributed by atoms with van der Waals surface area (Å²) in [5, 5.41) is 3.37. The summed E-state index contributed by atoms with van der Waals surface area (Å²) in [4.78, 5) is 0. The molecular weight excluding hydrogens is 309 g/mol. The van der Waals surface area contributed by atoms with E-state index in [-0.39, 0.29) is 17.3 Å². The zero-order valence-electron chi connectivity index (χ0n) is 11.7. The molecule has 106 valence electrons. The average molecular weight is 330 g/mol. The van der Waals surface area contributed by atoms with Gasteiger partial charge in [0.25, 0.3) is 0 Å². The Morgan fingerprint density at radius 1 is 1.42 bits per heavy atom. The molecule has 1 fully saturated rings. The molecule has 0 radical (unpaired) electrons. The number of halogens is 2. The lowest BCUT2D eigenvalue weighted by Gasteiger charge is -2.55. The maximum Gasteiger partial charge on any atom is 0.141 e. The highest BCUT2D eigenvalue weighted by Crippen LogP contribution is 2.48. The van der Waals surface area contributed by atoms with Gasteiger partial charge in [-0.2, -0.15) is 0 Å². The van der Waals surface area contributed by atoms with Crippen LogP contribution in [0.1, 0.15) is 33.1 Å². The van der Waals surface area contributed by atoms with E-state index in [2.05, 4.69) is 35.1 Å². The molecule has 1 aromatic carbocycles. The van der Waals surface area contributed by atoms with E-state index in [0.717, 1.165) is 19.3 Å². The van der Waals surface area contributed by atoms with Crippen molar-refractivity contribution in [1.29, 1.82) is 0 Å². The number of hydrogen-bond acceptors (Lipinski definition) is 2. The minimum absolute atomic E-state index is 0.165. The minimum Gasteiger partial charge on any atom is -0.490 e. The van der Waals surface area contributed by atoms with Gasteiger partial charge < -0.3 is 10.1 Å². The molecule has 0 aromatic heterocycles. The normalized spacial score (nSPS) is 24.9. The largest absolute Gasteiger partial charge is 0.490 e. The van der Waals surface area contributed by atoms with E-state index < -0.39 is 0 Å². The molecule has 1 aromatic rings. The molecule has 4 heteroatoms. The molecular formula is C15H21BrFNO. The monoisotopic (exact) mass is 329 g/mol. The second-order valence-corrected chi connectivity index (χ2v) is 6.05. The molecule has 0 spiro atoms. The fourth-order valence-electron chi connectivity index (χ4n) is 3.23. The topological polar surface area (TPSA) is 21.3 Å². The molecule has 0 bridgehead atoms. The zero-order chi connectivity index (χ0) is 14.0. The number of hydrogen-bond donors (Lipinski definition) is 1. The van der Waals surface area contributed by atoms with E-state index in [4.69, 9.17) is 4.74 Å². The molecule has 2 unspecified atom stereocenters. The molecule has 1 aliphatic rings. The Morgan fingerprint density at radius 2 is 2.11 bits per heavy atom. The predicted molar refractivity (Wildman–Crippen MR) is 79.0 cm³/mol. The third-order valence-electron chi connectivity index (χ3n) is 4.62. The quantitative estimate of drug-likeness (QED) is 0.876. The number of nitrogens with one attached hydrogen (secondary N) is 1. The van der Waals surface area contributed by atoms with Crippen LogP contribution in [-0.2, 0) is 0 Å². The van der Waals surface area contributed by atoms with Crippen molar-refractivity contribution < 1.29 is 9.13 Å². The summed E-state index contributed by atoms with van der Waals surface area (Å²) in [6, 6.07) is 5.45. The van der Waals surface area contributed by atoms with Crippen molar-refractivity contribution in [2.45, 2.75) is 45.3 Å². The molecule has 2 nitrogen and oxygen atoms in total. The first kappa shape index (κ1) is 14.8. The first-order valence-electron chi connectivity index (χ1n) is 6.86. The van der Waals surface area contributed by atoms with Gasteiger partial charge in [-0.1, -0.05) is 13.8 Å². The van der Waals surface area contributed by atoms with Gasteiger partial charge in [0.15, 0.2) is 0 Å². The van der Waals surface area contributed by atoms with Crippen molar-refractivity contribution in [3.05, 3.63) is 28.5 Å². The number of rotatable bonds is 5. The van der Waals surface area contributed by atoms with Crippen LogP contribution in [0.3, 0.4) is 0 Å². The van der Waals surface area contributed by atoms with Gasteiger partial charge in [0.1, 0.15) is 17.7 Å². The predicted octanol–water partition coefficient (Wildman–Crippen LogP) is 4.13. The lowest BCUT2D eigenvalue weighted by molar-refractivity contribution is -0.0836. The molecule has 2 rings (SSSR count). The van der Waals surface area contributed by atoms with E-state index in [0.29, 0.717) is 16.3 Å². The van der Waals surface area contributed by atoms with E-state index in [9.17, 15) is 4.39 Å². The lowest BCUT2D eigenvalue weighted by Crippen LogP contribution is -2.63. The molecule has 0 aliphatic heterocycles. The standard InChI is InChI=1S/C15H21BrFNO/c1-4-15(5-2)13(18-3)9-14(15)19-10-6-7-11(16)12(17)8-10/h6-8,13-14,18H,4-5,9H2,1-3H3. The lowest BCUT2D eigenvalue weighted by atomic mass is 9.58. The summed E-state index contributed by atoms with van der Waals surface area (Å²) in [5.41, 5.74) is 0.165. The summed E-state index contributed by atoms with van der Waals surface area (Å²) in [6.45, 7) is 4.40. The second-order valence-electron chi connectivity index (χ2n) is 5.20. The molecule has 1 saturated carbocycles. The summed E-state index contributed by atoms with van der Waals surface area (Å²) in [5.74, 6) is 0.340. The van der Waals surface area contributed by atoms with Crippen LogP contribution in [-0.4, -0.2) is 19.2 Å². The van der Waals surface area contributed by atoms with Crippen LogP contribution in [0.4, 0.5) is 4.39 Å². The van der Waals surface area contributed by atoms with Crippen molar-refractivity contribution in [3.63, 3.8) is 0 Å². The van der Waals surface area contributed by atoms with Gasteiger partial charge >= 0.3 is 0 Å². The van der Waals surface area contributed by atoms with E-state index in [1.54, 1.807) is 6.07 Å². The third-order valence-corrected chi connectivity index (χ3v) is 5.26. The van der Waals surface area contributed by atoms with Crippen LogP contribution >= 0.6 is 15.9 Å². The Morgan fingerprint density at radius 3 is 2.63 bits per heavy atom. The maximum absolute atomic E-state index is 13.5. The van der Waals surface area contributed by atoms with Crippen LogP contribution in [0, 0.1) is 11.2 Å². The fraction of sp³-hybridized carbons (Fsp3) is 0.600. The molecule has 0 heterocycles. The van der Waals surface area contributed by atoms with Gasteiger partial charge in [-0.25, -0.2) is 4.39 Å². The Balaban J connectivity index is 2.13. The van der Waals surface area contributed by atoms with Crippen LogP contribution in [0.5, 0.6) is 5.75 Å². The van der Waals surface area contributed by atoms with Crippen LogP contribution < -0.4 is 10.1 Å². The van der Waals surface area contributed by atoms with Crippen LogP contribution in [0.15, 0.2) is 22.7 Å². The van der Waals surface area contributed by atoms with E-state index in [1.807, 2.05) is 13.1 Å². The van der Waals surface area contributed by atoms with Gasteiger partial charge in [0.05, 0.1) is 4.47 Å². The summed E-state index contributed by atoms with van der Waals surface area (Å²) < 4.78 is 20.0. The highest BCUT2D eigenvalue weighted by Gasteiger charge is 2.53. The first-order chi connectivity index (χ1) is 9.07. The average Bonchev–Trinajstić information content (AvgIpc) is 2.40. The SMILES string of the molecule is CCC1(CC)C(NC)CC1Oc1ccc(Br)c(F)c1. The van der Waals surface area contributed by atoms with Gasteiger partial charge in [-0.05, 0) is 48.0 Å². The molecule has 1 N–H and O–H groups in total. The zero-order valence-corrected chi connectivity index (χ0v) is 13.3. The van der Waals surface area contributed by atoms with Gasteiger partial charge in [0.2, 0.25) is 0 Å².